The first-order chi connectivity index (χ1) is 12.7. The Balaban J connectivity index is 1.77. The molecule has 0 N–H and O–H groups in total. The molecule has 4 heterocycles. The number of fused-ring (bicyclic) bond motifs is 1. The SMILES string of the molecule is CN1CCc2nc(-c3cccnc3)nc(N(C)Cc3ccoc3)c2CC1. The average molecular weight is 349 g/mol. The third-order valence-corrected chi connectivity index (χ3v) is 4.83. The van der Waals surface area contributed by atoms with Crippen LogP contribution in [0, 0.1) is 0 Å². The van der Waals surface area contributed by atoms with Gasteiger partial charge in [0.05, 0.1) is 18.2 Å². The summed E-state index contributed by atoms with van der Waals surface area (Å²) in [7, 11) is 4.24. The van der Waals surface area contributed by atoms with E-state index in [9.17, 15) is 0 Å². The summed E-state index contributed by atoms with van der Waals surface area (Å²) >= 11 is 0. The van der Waals surface area contributed by atoms with E-state index in [1.54, 1.807) is 18.7 Å². The van der Waals surface area contributed by atoms with Crippen molar-refractivity contribution in [2.45, 2.75) is 19.4 Å². The molecule has 0 aliphatic carbocycles. The minimum Gasteiger partial charge on any atom is -0.472 e. The van der Waals surface area contributed by atoms with Crippen molar-refractivity contribution in [1.82, 2.24) is 19.9 Å². The van der Waals surface area contributed by atoms with Crippen molar-refractivity contribution >= 4 is 5.82 Å². The number of likely N-dealkylation sites (N-methyl/N-ethyl adjacent to an activating group) is 1. The van der Waals surface area contributed by atoms with Crippen LogP contribution in [0.2, 0.25) is 0 Å². The smallest absolute Gasteiger partial charge is 0.163 e. The standard InChI is InChI=1S/C20H23N5O/c1-24-9-5-17-18(6-10-24)22-19(16-4-3-8-21-12-16)23-20(17)25(2)13-15-7-11-26-14-15/h3-4,7-8,11-12,14H,5-6,9-10,13H2,1-2H3. The van der Waals surface area contributed by atoms with Gasteiger partial charge < -0.3 is 14.2 Å². The number of anilines is 1. The van der Waals surface area contributed by atoms with Crippen LogP contribution in [-0.4, -0.2) is 47.0 Å². The van der Waals surface area contributed by atoms with E-state index in [0.717, 1.165) is 60.9 Å². The number of aromatic nitrogens is 3. The molecule has 1 aliphatic heterocycles. The molecule has 0 radical (unpaired) electrons. The Morgan fingerprint density at radius 1 is 1.19 bits per heavy atom. The average Bonchev–Trinajstić information content (AvgIpc) is 3.10. The fraction of sp³-hybridized carbons (Fsp3) is 0.350. The number of rotatable bonds is 4. The predicted molar refractivity (Wildman–Crippen MR) is 101 cm³/mol. The summed E-state index contributed by atoms with van der Waals surface area (Å²) in [5.74, 6) is 1.75. The lowest BCUT2D eigenvalue weighted by molar-refractivity contribution is 0.352. The van der Waals surface area contributed by atoms with E-state index in [-0.39, 0.29) is 0 Å². The van der Waals surface area contributed by atoms with Gasteiger partial charge in [0.15, 0.2) is 5.82 Å². The first kappa shape index (κ1) is 16.7. The summed E-state index contributed by atoms with van der Waals surface area (Å²) in [5, 5.41) is 0. The molecule has 0 saturated carbocycles. The lowest BCUT2D eigenvalue weighted by Gasteiger charge is -2.22. The Bertz CT molecular complexity index is 863. The Morgan fingerprint density at radius 3 is 2.85 bits per heavy atom. The summed E-state index contributed by atoms with van der Waals surface area (Å²) in [6, 6.07) is 5.93. The van der Waals surface area contributed by atoms with Crippen LogP contribution in [0.15, 0.2) is 47.5 Å². The van der Waals surface area contributed by atoms with Crippen molar-refractivity contribution in [2.75, 3.05) is 32.1 Å². The molecule has 6 nitrogen and oxygen atoms in total. The summed E-state index contributed by atoms with van der Waals surface area (Å²) in [6.07, 6.45) is 8.99. The number of furan rings is 1. The summed E-state index contributed by atoms with van der Waals surface area (Å²) in [5.41, 5.74) is 4.49. The molecule has 0 bridgehead atoms. The number of pyridine rings is 1. The molecule has 134 valence electrons. The largest absolute Gasteiger partial charge is 0.472 e. The normalized spacial score (nSPS) is 14.7. The fourth-order valence-electron chi connectivity index (χ4n) is 3.36. The third-order valence-electron chi connectivity index (χ3n) is 4.83. The van der Waals surface area contributed by atoms with Crippen LogP contribution in [0.5, 0.6) is 0 Å². The van der Waals surface area contributed by atoms with Gasteiger partial charge in [0.2, 0.25) is 0 Å². The molecule has 0 atom stereocenters. The van der Waals surface area contributed by atoms with Crippen LogP contribution < -0.4 is 4.90 Å². The van der Waals surface area contributed by atoms with Crippen LogP contribution in [0.3, 0.4) is 0 Å². The van der Waals surface area contributed by atoms with Gasteiger partial charge in [-0.3, -0.25) is 4.98 Å². The van der Waals surface area contributed by atoms with E-state index in [1.165, 1.54) is 5.56 Å². The van der Waals surface area contributed by atoms with Gasteiger partial charge in [-0.25, -0.2) is 9.97 Å². The molecule has 0 unspecified atom stereocenters. The highest BCUT2D eigenvalue weighted by Gasteiger charge is 2.21. The molecule has 0 aromatic carbocycles. The molecular weight excluding hydrogens is 326 g/mol. The first-order valence-corrected chi connectivity index (χ1v) is 8.91. The molecule has 26 heavy (non-hydrogen) atoms. The number of hydrogen-bond acceptors (Lipinski definition) is 6. The second-order valence-corrected chi connectivity index (χ2v) is 6.83. The van der Waals surface area contributed by atoms with Gasteiger partial charge in [-0.15, -0.1) is 0 Å². The van der Waals surface area contributed by atoms with Gasteiger partial charge in [-0.1, -0.05) is 0 Å². The van der Waals surface area contributed by atoms with Crippen molar-refractivity contribution in [3.05, 3.63) is 59.9 Å². The molecular formula is C20H23N5O. The molecule has 3 aromatic rings. The summed E-state index contributed by atoms with van der Waals surface area (Å²) in [6.45, 7) is 2.79. The topological polar surface area (TPSA) is 58.3 Å². The second kappa shape index (κ2) is 7.25. The predicted octanol–water partition coefficient (Wildman–Crippen LogP) is 2.80. The van der Waals surface area contributed by atoms with E-state index in [4.69, 9.17) is 14.4 Å². The highest BCUT2D eigenvalue weighted by molar-refractivity contribution is 5.60. The molecule has 0 saturated heterocycles. The molecule has 1 aliphatic rings. The minimum atomic E-state index is 0.746. The van der Waals surface area contributed by atoms with E-state index in [1.807, 2.05) is 24.4 Å². The molecule has 0 spiro atoms. The Labute approximate surface area is 153 Å². The van der Waals surface area contributed by atoms with Crippen LogP contribution >= 0.6 is 0 Å². The molecule has 3 aromatic heterocycles. The molecule has 0 amide bonds. The number of hydrogen-bond donors (Lipinski definition) is 0. The Morgan fingerprint density at radius 2 is 2.08 bits per heavy atom. The monoisotopic (exact) mass is 349 g/mol. The van der Waals surface area contributed by atoms with Crippen LogP contribution in [-0.2, 0) is 19.4 Å². The van der Waals surface area contributed by atoms with Crippen molar-refractivity contribution in [1.29, 1.82) is 0 Å². The van der Waals surface area contributed by atoms with Gasteiger partial charge in [-0.05, 0) is 31.7 Å². The molecule has 0 fully saturated rings. The highest BCUT2D eigenvalue weighted by atomic mass is 16.3. The third kappa shape index (κ3) is 3.46. The quantitative estimate of drug-likeness (QED) is 0.722. The summed E-state index contributed by atoms with van der Waals surface area (Å²) < 4.78 is 5.22. The van der Waals surface area contributed by atoms with E-state index >= 15 is 0 Å². The first-order valence-electron chi connectivity index (χ1n) is 8.91. The van der Waals surface area contributed by atoms with Crippen molar-refractivity contribution in [3.63, 3.8) is 0 Å². The zero-order valence-electron chi connectivity index (χ0n) is 15.2. The van der Waals surface area contributed by atoms with Gasteiger partial charge in [0.25, 0.3) is 0 Å². The van der Waals surface area contributed by atoms with Gasteiger partial charge in [0.1, 0.15) is 5.82 Å². The fourth-order valence-corrected chi connectivity index (χ4v) is 3.36. The van der Waals surface area contributed by atoms with Gasteiger partial charge in [-0.2, -0.15) is 0 Å². The Hall–Kier alpha value is -2.73. The van der Waals surface area contributed by atoms with Crippen LogP contribution in [0.4, 0.5) is 5.82 Å². The van der Waals surface area contributed by atoms with Gasteiger partial charge in [0, 0.05) is 62.2 Å². The number of nitrogens with zero attached hydrogens (tertiary/aromatic N) is 5. The zero-order chi connectivity index (χ0) is 17.9. The maximum absolute atomic E-state index is 5.22. The van der Waals surface area contributed by atoms with Crippen molar-refractivity contribution in [3.8, 4) is 11.4 Å². The zero-order valence-corrected chi connectivity index (χ0v) is 15.2. The lowest BCUT2D eigenvalue weighted by atomic mass is 10.1. The highest BCUT2D eigenvalue weighted by Crippen LogP contribution is 2.28. The van der Waals surface area contributed by atoms with E-state index in [0.29, 0.717) is 0 Å². The van der Waals surface area contributed by atoms with E-state index in [2.05, 4.69) is 28.9 Å². The van der Waals surface area contributed by atoms with Gasteiger partial charge >= 0.3 is 0 Å². The van der Waals surface area contributed by atoms with Crippen LogP contribution in [0.25, 0.3) is 11.4 Å². The lowest BCUT2D eigenvalue weighted by Crippen LogP contribution is -2.22. The van der Waals surface area contributed by atoms with Crippen molar-refractivity contribution < 1.29 is 4.42 Å². The molecule has 4 rings (SSSR count). The van der Waals surface area contributed by atoms with Crippen molar-refractivity contribution in [2.24, 2.45) is 0 Å². The molecule has 6 heteroatoms. The minimum absolute atomic E-state index is 0.746. The van der Waals surface area contributed by atoms with E-state index < -0.39 is 0 Å². The maximum atomic E-state index is 5.22. The van der Waals surface area contributed by atoms with Crippen LogP contribution in [0.1, 0.15) is 16.8 Å². The summed E-state index contributed by atoms with van der Waals surface area (Å²) in [4.78, 5) is 18.6. The maximum Gasteiger partial charge on any atom is 0.163 e. The second-order valence-electron chi connectivity index (χ2n) is 6.83. The Kier molecular flexibility index (Phi) is 4.67.